The van der Waals surface area contributed by atoms with Crippen molar-refractivity contribution in [2.45, 2.75) is 58.2 Å². The molecule has 1 aliphatic carbocycles. The van der Waals surface area contributed by atoms with Crippen molar-refractivity contribution in [2.75, 3.05) is 70.3 Å². The number of aromatic hydroxyl groups is 1. The van der Waals surface area contributed by atoms with Crippen molar-refractivity contribution >= 4 is 33.3 Å². The van der Waals surface area contributed by atoms with E-state index in [0.717, 1.165) is 38.9 Å². The van der Waals surface area contributed by atoms with Crippen molar-refractivity contribution < 1.29 is 23.0 Å². The molecule has 0 amide bonds. The number of likely N-dealkylation sites (tertiary alicyclic amines) is 1. The molecule has 2 aromatic carbocycles. The van der Waals surface area contributed by atoms with Crippen LogP contribution in [0.25, 0.3) is 32.9 Å². The lowest BCUT2D eigenvalue weighted by Gasteiger charge is -2.32. The third-order valence-electron chi connectivity index (χ3n) is 10.2. The third-order valence-corrected chi connectivity index (χ3v) is 10.2. The number of alkyl halides is 1. The Kier molecular flexibility index (Phi) is 10.3. The quantitative estimate of drug-likeness (QED) is 0.157. The molecule has 3 heterocycles. The van der Waals surface area contributed by atoms with E-state index in [2.05, 4.69) is 28.0 Å². The maximum absolute atomic E-state index is 17.2. The first-order chi connectivity index (χ1) is 24.0. The van der Waals surface area contributed by atoms with E-state index in [9.17, 15) is 9.50 Å². The molecular formula is C38H46F3N7O2. The molecule has 1 saturated heterocycles. The van der Waals surface area contributed by atoms with Gasteiger partial charge in [-0.3, -0.25) is 0 Å². The van der Waals surface area contributed by atoms with Gasteiger partial charge in [-0.05, 0) is 69.7 Å². The fraction of sp³-hybridized carbons (Fsp3) is 0.500. The van der Waals surface area contributed by atoms with Gasteiger partial charge in [-0.25, -0.2) is 18.2 Å². The lowest BCUT2D eigenvalue weighted by Crippen LogP contribution is -2.40. The predicted octanol–water partition coefficient (Wildman–Crippen LogP) is 6.29. The third kappa shape index (κ3) is 6.98. The summed E-state index contributed by atoms with van der Waals surface area (Å²) in [6.45, 7) is 7.84. The van der Waals surface area contributed by atoms with E-state index >= 15 is 8.78 Å². The standard InChI is InChI=1S/C38H46F3N7O2/c1-7-25(42-4)20-48(9-3)36-31-34(44-37(45-36)50-22-38(14-15-38)21-47-16-12-24(39)13-17-47)32(41)33(43-35(31)46(5)6)28-19-26(49)18-23-10-11-29(40)27(8-2)30(23)28/h2,10-11,18-19,24-25,42,49H,7,9,12-17,20-22H2,1,3-6H3. The molecule has 0 bridgehead atoms. The Bertz CT molecular complexity index is 1920. The number of phenols is 1. The summed E-state index contributed by atoms with van der Waals surface area (Å²) in [7, 11) is 5.50. The molecule has 6 rings (SSSR count). The molecule has 50 heavy (non-hydrogen) atoms. The van der Waals surface area contributed by atoms with Crippen molar-refractivity contribution in [3.8, 4) is 35.4 Å². The van der Waals surface area contributed by atoms with Gasteiger partial charge in [0.15, 0.2) is 5.82 Å². The van der Waals surface area contributed by atoms with Gasteiger partial charge in [0.25, 0.3) is 0 Å². The van der Waals surface area contributed by atoms with Gasteiger partial charge in [0.2, 0.25) is 0 Å². The monoisotopic (exact) mass is 689 g/mol. The molecule has 1 atom stereocenters. The molecule has 2 aliphatic rings. The maximum Gasteiger partial charge on any atom is 0.319 e. The Morgan fingerprint density at radius 1 is 1.10 bits per heavy atom. The van der Waals surface area contributed by atoms with Crippen molar-refractivity contribution in [1.82, 2.24) is 25.2 Å². The molecular weight excluding hydrogens is 643 g/mol. The van der Waals surface area contributed by atoms with Crippen LogP contribution >= 0.6 is 0 Å². The molecule has 1 saturated carbocycles. The number of terminal acetylenes is 1. The van der Waals surface area contributed by atoms with Gasteiger partial charge in [0, 0.05) is 69.2 Å². The van der Waals surface area contributed by atoms with E-state index in [0.29, 0.717) is 54.9 Å². The highest BCUT2D eigenvalue weighted by molar-refractivity contribution is 6.05. The Morgan fingerprint density at radius 3 is 2.46 bits per heavy atom. The number of anilines is 2. The molecule has 4 aromatic rings. The summed E-state index contributed by atoms with van der Waals surface area (Å²) in [6, 6.07) is 5.68. The lowest BCUT2D eigenvalue weighted by molar-refractivity contribution is 0.107. The van der Waals surface area contributed by atoms with Crippen molar-refractivity contribution in [1.29, 1.82) is 0 Å². The molecule has 0 radical (unpaired) electrons. The smallest absolute Gasteiger partial charge is 0.319 e. The Labute approximate surface area is 291 Å². The minimum atomic E-state index is -0.773. The van der Waals surface area contributed by atoms with Gasteiger partial charge in [-0.2, -0.15) is 9.97 Å². The van der Waals surface area contributed by atoms with Crippen LogP contribution in [0.4, 0.5) is 24.8 Å². The SMILES string of the molecule is C#Cc1c(F)ccc2cc(O)cc(-c3nc(N(C)C)c4c(N(CC)CC(CC)NC)nc(OCC5(CN6CCC(F)CC6)CC5)nc4c3F)c12. The number of nitrogens with one attached hydrogen (secondary N) is 1. The van der Waals surface area contributed by atoms with Crippen LogP contribution in [0.1, 0.15) is 51.5 Å². The minimum absolute atomic E-state index is 0.0142. The van der Waals surface area contributed by atoms with E-state index in [4.69, 9.17) is 26.1 Å². The average molecular weight is 690 g/mol. The van der Waals surface area contributed by atoms with Crippen LogP contribution in [0.5, 0.6) is 11.8 Å². The Hall–Kier alpha value is -4.34. The number of piperidine rings is 1. The molecule has 0 spiro atoms. The minimum Gasteiger partial charge on any atom is -0.508 e. The van der Waals surface area contributed by atoms with E-state index in [1.54, 1.807) is 19.0 Å². The zero-order valence-corrected chi connectivity index (χ0v) is 29.5. The average Bonchev–Trinajstić information content (AvgIpc) is 3.88. The number of hydrogen-bond acceptors (Lipinski definition) is 9. The van der Waals surface area contributed by atoms with Gasteiger partial charge >= 0.3 is 6.01 Å². The second-order valence-electron chi connectivity index (χ2n) is 13.9. The van der Waals surface area contributed by atoms with Crippen LogP contribution in [0.15, 0.2) is 24.3 Å². The zero-order chi connectivity index (χ0) is 35.7. The second-order valence-corrected chi connectivity index (χ2v) is 13.9. The Balaban J connectivity index is 1.52. The molecule has 266 valence electrons. The lowest BCUT2D eigenvalue weighted by atomic mass is 9.95. The highest BCUT2D eigenvalue weighted by atomic mass is 19.1. The predicted molar refractivity (Wildman–Crippen MR) is 193 cm³/mol. The molecule has 1 unspecified atom stereocenters. The number of aromatic nitrogens is 3. The number of halogens is 3. The zero-order valence-electron chi connectivity index (χ0n) is 29.5. The van der Waals surface area contributed by atoms with Gasteiger partial charge in [-0.1, -0.05) is 18.9 Å². The molecule has 2 N–H and O–H groups in total. The molecule has 1 aliphatic heterocycles. The molecule has 12 heteroatoms. The summed E-state index contributed by atoms with van der Waals surface area (Å²) in [5.74, 6) is 1.71. The number of nitrogens with zero attached hydrogens (tertiary/aromatic N) is 6. The molecule has 2 fully saturated rings. The summed E-state index contributed by atoms with van der Waals surface area (Å²) in [5, 5.41) is 15.2. The number of fused-ring (bicyclic) bond motifs is 2. The van der Waals surface area contributed by atoms with Gasteiger partial charge in [0.1, 0.15) is 40.6 Å². The van der Waals surface area contributed by atoms with Crippen LogP contribution in [-0.4, -0.2) is 97.6 Å². The summed E-state index contributed by atoms with van der Waals surface area (Å²) in [5.41, 5.74) is -0.171. The Morgan fingerprint density at radius 2 is 1.84 bits per heavy atom. The van der Waals surface area contributed by atoms with Crippen LogP contribution in [-0.2, 0) is 0 Å². The van der Waals surface area contributed by atoms with Crippen LogP contribution in [0.2, 0.25) is 0 Å². The largest absolute Gasteiger partial charge is 0.508 e. The number of ether oxygens (including phenoxy) is 1. The fourth-order valence-electron chi connectivity index (χ4n) is 7.00. The molecule has 9 nitrogen and oxygen atoms in total. The van der Waals surface area contributed by atoms with E-state index in [1.807, 2.05) is 14.0 Å². The highest BCUT2D eigenvalue weighted by Gasteiger charge is 2.45. The van der Waals surface area contributed by atoms with Gasteiger partial charge in [-0.15, -0.1) is 6.42 Å². The first kappa shape index (κ1) is 35.5. The number of benzene rings is 2. The van der Waals surface area contributed by atoms with E-state index in [1.165, 1.54) is 24.3 Å². The van der Waals surface area contributed by atoms with Gasteiger partial charge in [0.05, 0.1) is 17.6 Å². The van der Waals surface area contributed by atoms with E-state index < -0.39 is 17.8 Å². The van der Waals surface area contributed by atoms with Crippen molar-refractivity contribution in [3.05, 3.63) is 41.5 Å². The normalized spacial score (nSPS) is 16.8. The van der Waals surface area contributed by atoms with Gasteiger partial charge < -0.3 is 29.9 Å². The summed E-state index contributed by atoms with van der Waals surface area (Å²) < 4.78 is 52.4. The summed E-state index contributed by atoms with van der Waals surface area (Å²) in [4.78, 5) is 20.6. The van der Waals surface area contributed by atoms with E-state index in [-0.39, 0.29) is 50.9 Å². The van der Waals surface area contributed by atoms with Crippen LogP contribution < -0.4 is 19.9 Å². The summed E-state index contributed by atoms with van der Waals surface area (Å²) >= 11 is 0. The summed E-state index contributed by atoms with van der Waals surface area (Å²) in [6.07, 6.45) is 8.89. The first-order valence-corrected chi connectivity index (χ1v) is 17.4. The van der Waals surface area contributed by atoms with Crippen LogP contribution in [0, 0.1) is 29.4 Å². The number of hydrogen-bond donors (Lipinski definition) is 2. The number of pyridine rings is 1. The van der Waals surface area contributed by atoms with Crippen molar-refractivity contribution in [3.63, 3.8) is 0 Å². The van der Waals surface area contributed by atoms with Crippen LogP contribution in [0.3, 0.4) is 0 Å². The number of phenolic OH excluding ortho intramolecular Hbond substituents is 1. The number of likely N-dealkylation sites (N-methyl/N-ethyl adjacent to an activating group) is 2. The molecule has 2 aromatic heterocycles. The second kappa shape index (κ2) is 14.5. The maximum atomic E-state index is 17.2. The van der Waals surface area contributed by atoms with Crippen molar-refractivity contribution in [2.24, 2.45) is 5.41 Å². The number of rotatable bonds is 13. The first-order valence-electron chi connectivity index (χ1n) is 17.4. The highest BCUT2D eigenvalue weighted by Crippen LogP contribution is 2.47. The topological polar surface area (TPSA) is 89.9 Å². The fourth-order valence-corrected chi connectivity index (χ4v) is 7.00.